The molecule has 2 rings (SSSR count). The highest BCUT2D eigenvalue weighted by molar-refractivity contribution is 5.74. The number of benzene rings is 1. The normalized spacial score (nSPS) is 13.3. The topological polar surface area (TPSA) is 8.81 Å². The van der Waals surface area contributed by atoms with E-state index in [0.29, 0.717) is 0 Å². The largest absolute Gasteiger partial charge is 0.262 e. The van der Waals surface area contributed by atoms with Crippen molar-refractivity contribution in [3.8, 4) is 0 Å². The molecule has 1 aromatic heterocycles. The van der Waals surface area contributed by atoms with Crippen molar-refractivity contribution in [2.24, 2.45) is 14.1 Å². The molecule has 0 aliphatic heterocycles. The van der Waals surface area contributed by atoms with E-state index in [1.54, 1.807) is 0 Å². The van der Waals surface area contributed by atoms with Crippen LogP contribution in [-0.2, 0) is 24.9 Å². The first-order valence-corrected chi connectivity index (χ1v) is 7.03. The second-order valence-corrected chi connectivity index (χ2v) is 7.65. The molecule has 1 aromatic carbocycles. The molecule has 0 saturated heterocycles. The summed E-state index contributed by atoms with van der Waals surface area (Å²) in [6, 6.07) is 6.85. The SMILES string of the molecule is Cn1c(C(C)(C)C)[n+](C)c2ccc(C(C)(C)C)cc21. The van der Waals surface area contributed by atoms with Gasteiger partial charge in [0.15, 0.2) is 11.0 Å². The lowest BCUT2D eigenvalue weighted by Gasteiger charge is -2.18. The number of hydrogen-bond acceptors (Lipinski definition) is 0. The molecule has 0 aliphatic carbocycles. The molecule has 0 atom stereocenters. The van der Waals surface area contributed by atoms with Gasteiger partial charge in [-0.25, -0.2) is 9.13 Å². The zero-order valence-electron chi connectivity index (χ0n) is 13.6. The molecule has 19 heavy (non-hydrogen) atoms. The van der Waals surface area contributed by atoms with Crippen LogP contribution in [-0.4, -0.2) is 4.57 Å². The van der Waals surface area contributed by atoms with Crippen LogP contribution >= 0.6 is 0 Å². The summed E-state index contributed by atoms with van der Waals surface area (Å²) in [5.74, 6) is 1.36. The van der Waals surface area contributed by atoms with Crippen LogP contribution in [0.25, 0.3) is 11.0 Å². The standard InChI is InChI=1S/C17H27N2/c1-16(2,3)12-9-10-13-14(11-12)19(8)15(18(13)7)17(4,5)6/h9-11H,1-8H3/q+1. The van der Waals surface area contributed by atoms with Crippen molar-refractivity contribution >= 4 is 11.0 Å². The Balaban J connectivity index is 2.79. The maximum Gasteiger partial charge on any atom is 0.262 e. The minimum atomic E-state index is 0.143. The summed E-state index contributed by atoms with van der Waals surface area (Å²) in [4.78, 5) is 0. The fraction of sp³-hybridized carbons (Fsp3) is 0.588. The highest BCUT2D eigenvalue weighted by Gasteiger charge is 2.31. The van der Waals surface area contributed by atoms with Crippen molar-refractivity contribution in [2.45, 2.75) is 52.4 Å². The molecule has 0 aliphatic rings. The van der Waals surface area contributed by atoms with Crippen LogP contribution in [0, 0.1) is 0 Å². The van der Waals surface area contributed by atoms with Crippen molar-refractivity contribution < 1.29 is 4.57 Å². The third-order valence-electron chi connectivity index (χ3n) is 3.87. The molecule has 0 radical (unpaired) electrons. The molecule has 0 spiro atoms. The number of imidazole rings is 1. The third kappa shape index (κ3) is 2.29. The van der Waals surface area contributed by atoms with Gasteiger partial charge in [-0.1, -0.05) is 26.8 Å². The first kappa shape index (κ1) is 14.1. The molecule has 1 heterocycles. The minimum absolute atomic E-state index is 0.143. The van der Waals surface area contributed by atoms with Crippen LogP contribution in [0.2, 0.25) is 0 Å². The highest BCUT2D eigenvalue weighted by Crippen LogP contribution is 2.28. The van der Waals surface area contributed by atoms with Crippen LogP contribution < -0.4 is 4.57 Å². The van der Waals surface area contributed by atoms with Crippen LogP contribution in [0.3, 0.4) is 0 Å². The zero-order valence-corrected chi connectivity index (χ0v) is 13.6. The van der Waals surface area contributed by atoms with Crippen LogP contribution in [0.4, 0.5) is 0 Å². The first-order chi connectivity index (χ1) is 8.53. The van der Waals surface area contributed by atoms with Gasteiger partial charge in [0.25, 0.3) is 5.82 Å². The molecular formula is C17H27N2+. The highest BCUT2D eigenvalue weighted by atomic mass is 15.2. The molecule has 0 bridgehead atoms. The third-order valence-corrected chi connectivity index (χ3v) is 3.87. The van der Waals surface area contributed by atoms with Gasteiger partial charge < -0.3 is 0 Å². The zero-order chi connectivity index (χ0) is 14.6. The van der Waals surface area contributed by atoms with E-state index in [1.807, 2.05) is 0 Å². The van der Waals surface area contributed by atoms with Crippen molar-refractivity contribution in [1.29, 1.82) is 0 Å². The Morgan fingerprint density at radius 1 is 0.947 bits per heavy atom. The van der Waals surface area contributed by atoms with Gasteiger partial charge in [-0.3, -0.25) is 0 Å². The molecule has 0 amide bonds. The van der Waals surface area contributed by atoms with Crippen LogP contribution in [0.5, 0.6) is 0 Å². The van der Waals surface area contributed by atoms with Gasteiger partial charge in [0, 0.05) is 0 Å². The number of hydrogen-bond donors (Lipinski definition) is 0. The van der Waals surface area contributed by atoms with Gasteiger partial charge in [-0.15, -0.1) is 0 Å². The van der Waals surface area contributed by atoms with E-state index in [4.69, 9.17) is 0 Å². The molecule has 0 saturated carbocycles. The summed E-state index contributed by atoms with van der Waals surface area (Å²) in [7, 11) is 4.34. The summed E-state index contributed by atoms with van der Waals surface area (Å²) in [6.07, 6.45) is 0. The van der Waals surface area contributed by atoms with Crippen molar-refractivity contribution in [1.82, 2.24) is 4.57 Å². The lowest BCUT2D eigenvalue weighted by atomic mass is 9.87. The second kappa shape index (κ2) is 4.09. The number of nitrogens with zero attached hydrogens (tertiary/aromatic N) is 2. The van der Waals surface area contributed by atoms with E-state index in [0.717, 1.165) is 0 Å². The maximum absolute atomic E-state index is 2.34. The Bertz CT molecular complexity index is 619. The lowest BCUT2D eigenvalue weighted by molar-refractivity contribution is -0.657. The number of aryl methyl sites for hydroxylation is 2. The summed E-state index contributed by atoms with van der Waals surface area (Å²) in [6.45, 7) is 13.6. The van der Waals surface area contributed by atoms with Gasteiger partial charge >= 0.3 is 0 Å². The summed E-state index contributed by atoms with van der Waals surface area (Å²) in [5, 5.41) is 0. The molecule has 0 N–H and O–H groups in total. The van der Waals surface area contributed by atoms with E-state index < -0.39 is 0 Å². The van der Waals surface area contributed by atoms with Gasteiger partial charge in [-0.2, -0.15) is 0 Å². The Morgan fingerprint density at radius 2 is 1.53 bits per heavy atom. The van der Waals surface area contributed by atoms with Gasteiger partial charge in [0.2, 0.25) is 0 Å². The maximum atomic E-state index is 2.34. The van der Waals surface area contributed by atoms with E-state index >= 15 is 0 Å². The summed E-state index contributed by atoms with van der Waals surface area (Å²) < 4.78 is 4.66. The molecule has 2 nitrogen and oxygen atoms in total. The number of aromatic nitrogens is 2. The lowest BCUT2D eigenvalue weighted by Crippen LogP contribution is -2.39. The monoisotopic (exact) mass is 259 g/mol. The fourth-order valence-corrected chi connectivity index (χ4v) is 3.00. The smallest absolute Gasteiger partial charge is 0.230 e. The minimum Gasteiger partial charge on any atom is -0.230 e. The summed E-state index contributed by atoms with van der Waals surface area (Å²) in [5.41, 5.74) is 4.35. The van der Waals surface area contributed by atoms with Crippen molar-refractivity contribution in [3.63, 3.8) is 0 Å². The fourth-order valence-electron chi connectivity index (χ4n) is 3.00. The predicted octanol–water partition coefficient (Wildman–Crippen LogP) is 3.60. The molecule has 2 heteroatoms. The molecule has 2 aromatic rings. The quantitative estimate of drug-likeness (QED) is 0.639. The molecule has 104 valence electrons. The average molecular weight is 259 g/mol. The summed E-state index contributed by atoms with van der Waals surface area (Å²) >= 11 is 0. The number of fused-ring (bicyclic) bond motifs is 1. The van der Waals surface area contributed by atoms with Crippen LogP contribution in [0.15, 0.2) is 18.2 Å². The molecular weight excluding hydrogens is 232 g/mol. The van der Waals surface area contributed by atoms with Gasteiger partial charge in [0.1, 0.15) is 0 Å². The van der Waals surface area contributed by atoms with Gasteiger partial charge in [0.05, 0.1) is 19.5 Å². The molecule has 0 fully saturated rings. The van der Waals surface area contributed by atoms with E-state index in [2.05, 4.69) is 83.0 Å². The Morgan fingerprint density at radius 3 is 2.00 bits per heavy atom. The number of rotatable bonds is 0. The molecule has 0 unspecified atom stereocenters. The van der Waals surface area contributed by atoms with E-state index in [1.165, 1.54) is 22.4 Å². The first-order valence-electron chi connectivity index (χ1n) is 7.03. The van der Waals surface area contributed by atoms with Crippen LogP contribution in [0.1, 0.15) is 52.9 Å². The van der Waals surface area contributed by atoms with E-state index in [9.17, 15) is 0 Å². The van der Waals surface area contributed by atoms with E-state index in [-0.39, 0.29) is 10.8 Å². The second-order valence-electron chi connectivity index (χ2n) is 7.65. The average Bonchev–Trinajstić information content (AvgIpc) is 2.49. The predicted molar refractivity (Wildman–Crippen MR) is 81.5 cm³/mol. The Labute approximate surface area is 117 Å². The Hall–Kier alpha value is -1.31. The Kier molecular flexibility index (Phi) is 3.04. The van der Waals surface area contributed by atoms with Gasteiger partial charge in [-0.05, 0) is 43.9 Å². The van der Waals surface area contributed by atoms with Crippen molar-refractivity contribution in [2.75, 3.05) is 0 Å². The van der Waals surface area contributed by atoms with Crippen molar-refractivity contribution in [3.05, 3.63) is 29.6 Å².